The third-order valence-electron chi connectivity index (χ3n) is 8.28. The van der Waals surface area contributed by atoms with Crippen LogP contribution in [0.2, 0.25) is 0 Å². The van der Waals surface area contributed by atoms with Crippen LogP contribution in [-0.2, 0) is 19.1 Å². The molecular formula is C29H44FN3O4. The van der Waals surface area contributed by atoms with Crippen molar-refractivity contribution in [2.45, 2.75) is 82.3 Å². The van der Waals surface area contributed by atoms with E-state index in [2.05, 4.69) is 30.8 Å². The zero-order chi connectivity index (χ0) is 27.0. The maximum Gasteiger partial charge on any atom is 0.335 e. The Bertz CT molecular complexity index is 931. The average molecular weight is 518 g/mol. The molecule has 1 aliphatic carbocycles. The highest BCUT2D eigenvalue weighted by atomic mass is 19.1. The quantitative estimate of drug-likeness (QED) is 0.363. The molecule has 0 saturated heterocycles. The van der Waals surface area contributed by atoms with Gasteiger partial charge in [-0.2, -0.15) is 0 Å². The van der Waals surface area contributed by atoms with Gasteiger partial charge in [0, 0.05) is 19.0 Å². The highest BCUT2D eigenvalue weighted by Crippen LogP contribution is 2.43. The lowest BCUT2D eigenvalue weighted by atomic mass is 9.72. The zero-order valence-electron chi connectivity index (χ0n) is 23.1. The van der Waals surface area contributed by atoms with E-state index < -0.39 is 5.54 Å². The number of carbonyl (C=O) groups excluding carboxylic acids is 2. The number of hydrogen-bond acceptors (Lipinski definition) is 7. The Hall–Kier alpha value is -2.48. The first-order chi connectivity index (χ1) is 17.7. The summed E-state index contributed by atoms with van der Waals surface area (Å²) in [5.41, 5.74) is -0.0720. The Morgan fingerprint density at radius 1 is 1.19 bits per heavy atom. The van der Waals surface area contributed by atoms with Crippen LogP contribution in [-0.4, -0.2) is 74.5 Å². The minimum absolute atomic E-state index is 0.117. The van der Waals surface area contributed by atoms with Crippen LogP contribution >= 0.6 is 0 Å². The van der Waals surface area contributed by atoms with Crippen molar-refractivity contribution in [2.75, 3.05) is 34.9 Å². The molecule has 8 heteroatoms. The molecule has 3 rings (SSSR count). The lowest BCUT2D eigenvalue weighted by molar-refractivity contribution is -0.150. The maximum absolute atomic E-state index is 14.0. The van der Waals surface area contributed by atoms with Crippen LogP contribution in [0, 0.1) is 17.7 Å². The van der Waals surface area contributed by atoms with Gasteiger partial charge in [-0.3, -0.25) is 9.79 Å². The number of aliphatic imine (C=N–C) groups is 1. The molecule has 3 atom stereocenters. The fraction of sp³-hybridized carbons (Fsp3) is 0.690. The summed E-state index contributed by atoms with van der Waals surface area (Å²) in [7, 11) is 6.88. The Kier molecular flexibility index (Phi) is 10.5. The van der Waals surface area contributed by atoms with Gasteiger partial charge in [0.25, 0.3) is 0 Å². The van der Waals surface area contributed by atoms with Crippen LogP contribution in [0.3, 0.4) is 0 Å². The first-order valence-corrected chi connectivity index (χ1v) is 13.6. The van der Waals surface area contributed by atoms with Crippen LogP contribution in [0.1, 0.15) is 76.3 Å². The highest BCUT2D eigenvalue weighted by Gasteiger charge is 2.52. The monoisotopic (exact) mass is 517 g/mol. The number of carbonyl (C=O) groups is 2. The number of hydrogen-bond donors (Lipinski definition) is 0. The van der Waals surface area contributed by atoms with E-state index in [1.54, 1.807) is 18.5 Å². The van der Waals surface area contributed by atoms with E-state index >= 15 is 0 Å². The zero-order valence-corrected chi connectivity index (χ0v) is 23.1. The summed E-state index contributed by atoms with van der Waals surface area (Å²) >= 11 is 0. The molecule has 1 aromatic rings. The molecule has 0 bridgehead atoms. The van der Waals surface area contributed by atoms with E-state index in [1.807, 2.05) is 6.07 Å². The number of methoxy groups -OCH3 is 2. The van der Waals surface area contributed by atoms with E-state index in [4.69, 9.17) is 14.5 Å². The van der Waals surface area contributed by atoms with Gasteiger partial charge in [-0.25, -0.2) is 9.18 Å². The molecule has 0 spiro atoms. The topological polar surface area (TPSA) is 71.4 Å². The Labute approximate surface area is 221 Å². The van der Waals surface area contributed by atoms with Crippen molar-refractivity contribution in [3.05, 3.63) is 35.6 Å². The first kappa shape index (κ1) is 29.1. The summed E-state index contributed by atoms with van der Waals surface area (Å²) in [5.74, 6) is -0.0585. The van der Waals surface area contributed by atoms with Crippen molar-refractivity contribution in [3.63, 3.8) is 0 Å². The molecule has 1 fully saturated rings. The molecule has 2 aliphatic rings. The Morgan fingerprint density at radius 2 is 1.92 bits per heavy atom. The first-order valence-electron chi connectivity index (χ1n) is 13.6. The summed E-state index contributed by atoms with van der Waals surface area (Å²) in [6.45, 7) is 2.97. The van der Waals surface area contributed by atoms with E-state index in [0.717, 1.165) is 57.1 Å². The van der Waals surface area contributed by atoms with Gasteiger partial charge in [-0.1, -0.05) is 38.3 Å². The van der Waals surface area contributed by atoms with Crippen LogP contribution in [0.4, 0.5) is 4.39 Å². The van der Waals surface area contributed by atoms with Gasteiger partial charge < -0.3 is 19.3 Å². The number of unbranched alkanes of at least 4 members (excludes halogenated alkanes) is 1. The van der Waals surface area contributed by atoms with E-state index in [9.17, 15) is 14.0 Å². The number of nitrogens with zero attached hydrogens (tertiary/aromatic N) is 3. The van der Waals surface area contributed by atoms with E-state index in [0.29, 0.717) is 11.8 Å². The maximum atomic E-state index is 14.0. The second kappa shape index (κ2) is 13.4. The molecule has 0 amide bonds. The molecule has 3 unspecified atom stereocenters. The minimum atomic E-state index is -1.10. The lowest BCUT2D eigenvalue weighted by Crippen LogP contribution is -2.53. The summed E-state index contributed by atoms with van der Waals surface area (Å²) < 4.78 is 24.1. The Morgan fingerprint density at radius 3 is 2.51 bits per heavy atom. The SMILES string of the molecule is CCCCN1C=NC(CCC(=O)OC)(C(=O)OC)C1CC1CCC(C(c2cccc(F)c2)N(C)C)CC1. The molecule has 1 heterocycles. The number of halogens is 1. The molecule has 7 nitrogen and oxygen atoms in total. The van der Waals surface area contributed by atoms with Crippen molar-refractivity contribution >= 4 is 18.3 Å². The van der Waals surface area contributed by atoms with Crippen molar-refractivity contribution in [3.8, 4) is 0 Å². The lowest BCUT2D eigenvalue weighted by Gasteiger charge is -2.41. The second-order valence-corrected chi connectivity index (χ2v) is 10.8. The van der Waals surface area contributed by atoms with Gasteiger partial charge in [0.2, 0.25) is 0 Å². The number of rotatable bonds is 12. The number of esters is 2. The molecule has 1 aromatic carbocycles. The predicted octanol–water partition coefficient (Wildman–Crippen LogP) is 5.00. The predicted molar refractivity (Wildman–Crippen MR) is 143 cm³/mol. The fourth-order valence-corrected chi connectivity index (χ4v) is 6.33. The average Bonchev–Trinajstić information content (AvgIpc) is 3.24. The van der Waals surface area contributed by atoms with E-state index in [1.165, 1.54) is 20.3 Å². The highest BCUT2D eigenvalue weighted by molar-refractivity contribution is 5.87. The molecule has 0 aromatic heterocycles. The van der Waals surface area contributed by atoms with Crippen molar-refractivity contribution in [1.82, 2.24) is 9.80 Å². The summed E-state index contributed by atoms with van der Waals surface area (Å²) in [6, 6.07) is 6.98. The van der Waals surface area contributed by atoms with Gasteiger partial charge in [-0.05, 0) is 75.7 Å². The summed E-state index contributed by atoms with van der Waals surface area (Å²) in [4.78, 5) is 34.3. The molecule has 0 N–H and O–H groups in total. The van der Waals surface area contributed by atoms with Gasteiger partial charge in [0.1, 0.15) is 5.82 Å². The number of ether oxygens (including phenoxy) is 2. The van der Waals surface area contributed by atoms with Crippen LogP contribution in [0.25, 0.3) is 0 Å². The van der Waals surface area contributed by atoms with Gasteiger partial charge >= 0.3 is 11.9 Å². The van der Waals surface area contributed by atoms with Crippen LogP contribution in [0.15, 0.2) is 29.3 Å². The van der Waals surface area contributed by atoms with Crippen molar-refractivity contribution < 1.29 is 23.5 Å². The molecule has 1 aliphatic heterocycles. The molecule has 1 saturated carbocycles. The van der Waals surface area contributed by atoms with Gasteiger partial charge in [0.15, 0.2) is 5.54 Å². The van der Waals surface area contributed by atoms with E-state index in [-0.39, 0.29) is 42.7 Å². The minimum Gasteiger partial charge on any atom is -0.469 e. The fourth-order valence-electron chi connectivity index (χ4n) is 6.33. The third-order valence-corrected chi connectivity index (χ3v) is 8.28. The molecule has 206 valence electrons. The second-order valence-electron chi connectivity index (χ2n) is 10.8. The van der Waals surface area contributed by atoms with Gasteiger partial charge in [0.05, 0.1) is 26.6 Å². The summed E-state index contributed by atoms with van der Waals surface area (Å²) in [6.07, 6.45) is 9.21. The Balaban J connectivity index is 1.75. The number of benzene rings is 1. The van der Waals surface area contributed by atoms with Crippen LogP contribution < -0.4 is 0 Å². The van der Waals surface area contributed by atoms with Gasteiger partial charge in [-0.15, -0.1) is 0 Å². The molecule has 37 heavy (non-hydrogen) atoms. The molecule has 0 radical (unpaired) electrons. The summed E-state index contributed by atoms with van der Waals surface area (Å²) in [5, 5.41) is 0. The van der Waals surface area contributed by atoms with Crippen molar-refractivity contribution in [2.24, 2.45) is 16.8 Å². The van der Waals surface area contributed by atoms with Crippen molar-refractivity contribution in [1.29, 1.82) is 0 Å². The standard InChI is InChI=1S/C29H44FN3O4/c1-6-7-17-33-20-31-29(28(35)37-5,16-15-26(34)36-4)25(33)18-21-11-13-22(14-12-21)27(32(2)3)23-9-8-10-24(30)19-23/h8-10,19-22,25,27H,6-7,11-18H2,1-5H3. The normalized spacial score (nSPS) is 26.4. The van der Waals surface area contributed by atoms with Crippen LogP contribution in [0.5, 0.6) is 0 Å². The third kappa shape index (κ3) is 6.89. The molecular weight excluding hydrogens is 473 g/mol. The largest absolute Gasteiger partial charge is 0.469 e. The smallest absolute Gasteiger partial charge is 0.335 e.